The lowest BCUT2D eigenvalue weighted by atomic mass is 9.49. The predicted octanol–water partition coefficient (Wildman–Crippen LogP) is 9.37. The van der Waals surface area contributed by atoms with Crippen molar-refractivity contribution in [3.8, 4) is 23.0 Å². The first-order chi connectivity index (χ1) is 29.5. The maximum Gasteiger partial charge on any atom is 0.246 e. The fourth-order valence-corrected chi connectivity index (χ4v) is 10.8. The Bertz CT molecular complexity index is 2680. The molecule has 61 heavy (non-hydrogen) atoms. The van der Waals surface area contributed by atoms with Gasteiger partial charge in [0.15, 0.2) is 11.5 Å². The van der Waals surface area contributed by atoms with E-state index in [1.54, 1.807) is 62.8 Å². The van der Waals surface area contributed by atoms with E-state index >= 15 is 9.59 Å². The van der Waals surface area contributed by atoms with Gasteiger partial charge in [-0.15, -0.1) is 0 Å². The molecule has 1 N–H and O–H groups in total. The molecule has 2 aliphatic carbocycles. The summed E-state index contributed by atoms with van der Waals surface area (Å²) in [4.78, 5) is 62.4. The standard InChI is InChI=1S/C49H40BrClN2O8/c1-59-34-18-21-40(60-2)28(22-34)15-12-27-13-16-32(17-14-27)52-45(55)36-20-19-35-37(42(36)47(52)57)26-39-46(56)53(33-11-7-10-31(51)25-33)48(58)49(39,29-8-5-4-6-9-29)43(35)38-23-30(50)24-41(61-3)44(38)54/h4-19,21-25,36-37,39,42-43,54H,20,26H2,1-3H3/t36-,37+,39-,42-,43+,49+/m0/s1. The smallest absolute Gasteiger partial charge is 0.246 e. The van der Waals surface area contributed by atoms with Crippen LogP contribution in [-0.4, -0.2) is 50.1 Å². The molecular formula is C49H40BrClN2O8. The summed E-state index contributed by atoms with van der Waals surface area (Å²) >= 11 is 10.0. The van der Waals surface area contributed by atoms with Crippen molar-refractivity contribution in [2.24, 2.45) is 23.7 Å². The molecule has 6 atom stereocenters. The minimum atomic E-state index is -1.57. The van der Waals surface area contributed by atoms with Gasteiger partial charge in [-0.05, 0) is 90.6 Å². The van der Waals surface area contributed by atoms with Crippen molar-refractivity contribution in [1.82, 2.24) is 0 Å². The summed E-state index contributed by atoms with van der Waals surface area (Å²) in [6.07, 6.45) is 6.10. The Morgan fingerprint density at radius 3 is 2.20 bits per heavy atom. The number of carbonyl (C=O) groups is 4. The lowest BCUT2D eigenvalue weighted by Crippen LogP contribution is -2.53. The van der Waals surface area contributed by atoms with E-state index in [1.807, 2.05) is 78.9 Å². The molecule has 3 fully saturated rings. The van der Waals surface area contributed by atoms with Crippen LogP contribution in [-0.2, 0) is 24.6 Å². The quantitative estimate of drug-likeness (QED) is 0.0883. The number of phenols is 1. The van der Waals surface area contributed by atoms with Gasteiger partial charge in [-0.3, -0.25) is 24.1 Å². The van der Waals surface area contributed by atoms with Crippen LogP contribution in [0.1, 0.15) is 41.0 Å². The van der Waals surface area contributed by atoms with E-state index < -0.39 is 46.8 Å². The maximum atomic E-state index is 15.6. The summed E-state index contributed by atoms with van der Waals surface area (Å²) in [5.74, 6) is -4.39. The van der Waals surface area contributed by atoms with Gasteiger partial charge in [-0.1, -0.05) is 99.9 Å². The summed E-state index contributed by atoms with van der Waals surface area (Å²) in [5, 5.41) is 12.4. The normalized spacial score (nSPS) is 24.4. The highest BCUT2D eigenvalue weighted by Gasteiger charge is 2.70. The molecule has 308 valence electrons. The zero-order valence-electron chi connectivity index (χ0n) is 33.4. The van der Waals surface area contributed by atoms with Crippen molar-refractivity contribution in [2.75, 3.05) is 31.1 Å². The van der Waals surface area contributed by atoms with Crippen LogP contribution in [0, 0.1) is 23.7 Å². The number of imide groups is 2. The Balaban J connectivity index is 1.14. The van der Waals surface area contributed by atoms with Crippen LogP contribution in [0.25, 0.3) is 12.2 Å². The number of rotatable bonds is 9. The van der Waals surface area contributed by atoms with Crippen LogP contribution in [0.15, 0.2) is 125 Å². The number of amides is 4. The molecule has 2 heterocycles. The monoisotopic (exact) mass is 898 g/mol. The Labute approximate surface area is 366 Å². The number of hydrogen-bond acceptors (Lipinski definition) is 8. The van der Waals surface area contributed by atoms with Crippen LogP contribution in [0.3, 0.4) is 0 Å². The minimum Gasteiger partial charge on any atom is -0.504 e. The molecule has 5 aromatic rings. The first-order valence-electron chi connectivity index (χ1n) is 19.9. The number of methoxy groups -OCH3 is 3. The van der Waals surface area contributed by atoms with Gasteiger partial charge in [0.2, 0.25) is 23.6 Å². The lowest BCUT2D eigenvalue weighted by molar-refractivity contribution is -0.127. The molecule has 12 heteroatoms. The van der Waals surface area contributed by atoms with E-state index in [1.165, 1.54) is 16.9 Å². The van der Waals surface area contributed by atoms with Crippen molar-refractivity contribution in [2.45, 2.75) is 24.2 Å². The molecule has 2 saturated heterocycles. The predicted molar refractivity (Wildman–Crippen MR) is 236 cm³/mol. The van der Waals surface area contributed by atoms with Crippen molar-refractivity contribution in [1.29, 1.82) is 0 Å². The van der Waals surface area contributed by atoms with E-state index in [4.69, 9.17) is 25.8 Å². The number of hydrogen-bond donors (Lipinski definition) is 1. The summed E-state index contributed by atoms with van der Waals surface area (Å²) in [7, 11) is 4.64. The van der Waals surface area contributed by atoms with Gasteiger partial charge in [-0.25, -0.2) is 4.90 Å². The third-order valence-corrected chi connectivity index (χ3v) is 13.5. The van der Waals surface area contributed by atoms with Crippen molar-refractivity contribution in [3.05, 3.63) is 153 Å². The number of ether oxygens (including phenoxy) is 3. The summed E-state index contributed by atoms with van der Waals surface area (Å²) in [6.45, 7) is 0. The fraction of sp³-hybridized carbons (Fsp3) is 0.224. The molecule has 4 amide bonds. The largest absolute Gasteiger partial charge is 0.504 e. The van der Waals surface area contributed by atoms with Gasteiger partial charge >= 0.3 is 0 Å². The molecule has 0 radical (unpaired) electrons. The Hall–Kier alpha value is -6.17. The molecule has 1 saturated carbocycles. The van der Waals surface area contributed by atoms with Crippen LogP contribution < -0.4 is 24.0 Å². The number of nitrogens with zero attached hydrogens (tertiary/aromatic N) is 2. The number of anilines is 2. The van der Waals surface area contributed by atoms with Crippen molar-refractivity contribution < 1.29 is 38.5 Å². The highest BCUT2D eigenvalue weighted by atomic mass is 79.9. The first-order valence-corrected chi connectivity index (χ1v) is 21.0. The van der Waals surface area contributed by atoms with Crippen LogP contribution >= 0.6 is 27.5 Å². The van der Waals surface area contributed by atoms with Gasteiger partial charge in [-0.2, -0.15) is 0 Å². The molecule has 0 bridgehead atoms. The van der Waals surface area contributed by atoms with E-state index in [0.717, 1.165) is 11.1 Å². The van der Waals surface area contributed by atoms with Gasteiger partial charge in [0.05, 0.1) is 55.9 Å². The minimum absolute atomic E-state index is 0.107. The van der Waals surface area contributed by atoms with Crippen LogP contribution in [0.2, 0.25) is 5.02 Å². The van der Waals surface area contributed by atoms with Gasteiger partial charge < -0.3 is 19.3 Å². The lowest BCUT2D eigenvalue weighted by Gasteiger charge is -2.50. The average molecular weight is 900 g/mol. The first kappa shape index (κ1) is 40.2. The Kier molecular flexibility index (Phi) is 10.4. The number of benzene rings is 5. The van der Waals surface area contributed by atoms with E-state index in [-0.39, 0.29) is 36.2 Å². The van der Waals surface area contributed by atoms with Crippen molar-refractivity contribution >= 4 is 74.7 Å². The van der Waals surface area contributed by atoms with Crippen molar-refractivity contribution in [3.63, 3.8) is 0 Å². The van der Waals surface area contributed by atoms with Gasteiger partial charge in [0, 0.05) is 26.5 Å². The van der Waals surface area contributed by atoms with Gasteiger partial charge in [0.25, 0.3) is 0 Å². The number of carbonyl (C=O) groups excluding carboxylic acids is 4. The number of allylic oxidation sites excluding steroid dienone is 2. The molecule has 0 aromatic heterocycles. The molecular weight excluding hydrogens is 860 g/mol. The summed E-state index contributed by atoms with van der Waals surface area (Å²) in [6, 6.07) is 31.8. The Morgan fingerprint density at radius 1 is 0.738 bits per heavy atom. The third kappa shape index (κ3) is 6.36. The zero-order chi connectivity index (χ0) is 42.7. The average Bonchev–Trinajstić information content (AvgIpc) is 3.67. The molecule has 2 aliphatic heterocycles. The third-order valence-electron chi connectivity index (χ3n) is 12.8. The van der Waals surface area contributed by atoms with Crippen LogP contribution in [0.5, 0.6) is 23.0 Å². The van der Waals surface area contributed by atoms with E-state index in [0.29, 0.717) is 49.1 Å². The number of fused-ring (bicyclic) bond motifs is 4. The Morgan fingerprint density at radius 2 is 1.49 bits per heavy atom. The van der Waals surface area contributed by atoms with Gasteiger partial charge in [0.1, 0.15) is 11.5 Å². The second-order valence-electron chi connectivity index (χ2n) is 15.7. The highest BCUT2D eigenvalue weighted by molar-refractivity contribution is 9.10. The zero-order valence-corrected chi connectivity index (χ0v) is 35.7. The topological polar surface area (TPSA) is 123 Å². The highest BCUT2D eigenvalue weighted by Crippen LogP contribution is 2.66. The molecule has 5 aromatic carbocycles. The second-order valence-corrected chi connectivity index (χ2v) is 17.0. The number of phenolic OH excluding ortho intramolecular Hbond substituents is 1. The fourth-order valence-electron chi connectivity index (χ4n) is 10.2. The molecule has 4 aliphatic rings. The number of aromatic hydroxyl groups is 1. The maximum absolute atomic E-state index is 15.6. The van der Waals surface area contributed by atoms with E-state index in [2.05, 4.69) is 15.9 Å². The van der Waals surface area contributed by atoms with E-state index in [9.17, 15) is 14.7 Å². The molecule has 0 unspecified atom stereocenters. The second kappa shape index (κ2) is 15.7. The SMILES string of the molecule is COc1ccc(OC)c(C=Cc2ccc(N3C(=O)[C@H]4[C@H](CC=C5[C@H]4C[C@H]4C(=O)N(c6cccc(Cl)c6)C(=O)[C@@]4(c4ccccc4)[C@H]5c4cc(Br)cc(OC)c4O)C3=O)cc2)c1. The summed E-state index contributed by atoms with van der Waals surface area (Å²) < 4.78 is 17.1. The van der Waals surface area contributed by atoms with Crippen LogP contribution in [0.4, 0.5) is 11.4 Å². The molecule has 0 spiro atoms. The molecule has 10 nitrogen and oxygen atoms in total. The summed E-state index contributed by atoms with van der Waals surface area (Å²) in [5.41, 5.74) is 2.48. The molecule has 9 rings (SSSR count). The number of halogens is 2.